The summed E-state index contributed by atoms with van der Waals surface area (Å²) in [6.07, 6.45) is 0. The van der Waals surface area contributed by atoms with Crippen LogP contribution in [-0.2, 0) is 4.84 Å². The van der Waals surface area contributed by atoms with Crippen LogP contribution in [0.25, 0.3) is 0 Å². The third kappa shape index (κ3) is 4.65. The van der Waals surface area contributed by atoms with Gasteiger partial charge < -0.3 is 10.0 Å². The van der Waals surface area contributed by atoms with Crippen LogP contribution in [0.2, 0.25) is 0 Å². The number of aromatic nitrogens is 2. The maximum Gasteiger partial charge on any atom is 0.195 e. The molecule has 3 aromatic rings. The summed E-state index contributed by atoms with van der Waals surface area (Å²) in [5.41, 5.74) is 4.42. The first kappa shape index (κ1) is 23.4. The molecule has 2 heterocycles. The van der Waals surface area contributed by atoms with Crippen molar-refractivity contribution < 1.29 is 14.7 Å². The van der Waals surface area contributed by atoms with Crippen LogP contribution in [-0.4, -0.2) is 41.8 Å². The normalized spacial score (nSPS) is 16.2. The van der Waals surface area contributed by atoms with Gasteiger partial charge in [-0.3, -0.25) is 9.63 Å². The first-order valence-electron chi connectivity index (χ1n) is 11.3. The molecule has 1 atom stereocenters. The van der Waals surface area contributed by atoms with Crippen LogP contribution in [0, 0.1) is 6.92 Å². The Hall–Kier alpha value is -3.71. The van der Waals surface area contributed by atoms with Crippen molar-refractivity contribution in [2.24, 2.45) is 0 Å². The smallest absolute Gasteiger partial charge is 0.195 e. The maximum atomic E-state index is 13.8. The molecular weight excluding hydrogens is 428 g/mol. The van der Waals surface area contributed by atoms with Crippen LogP contribution in [0.15, 0.2) is 72.0 Å². The van der Waals surface area contributed by atoms with Crippen molar-refractivity contribution in [2.75, 3.05) is 30.7 Å². The molecule has 1 aliphatic rings. The van der Waals surface area contributed by atoms with Gasteiger partial charge in [-0.25, -0.2) is 5.06 Å². The molecule has 0 radical (unpaired) electrons. The van der Waals surface area contributed by atoms with Gasteiger partial charge in [-0.2, -0.15) is 5.10 Å². The Labute approximate surface area is 200 Å². The lowest BCUT2D eigenvalue weighted by molar-refractivity contribution is 0.0633. The van der Waals surface area contributed by atoms with E-state index in [9.17, 15) is 9.90 Å². The van der Waals surface area contributed by atoms with Crippen molar-refractivity contribution in [3.63, 3.8) is 0 Å². The number of aryl methyl sites for hydroxylation is 1. The van der Waals surface area contributed by atoms with Crippen molar-refractivity contribution >= 4 is 17.3 Å². The number of aliphatic hydroxyl groups excluding tert-OH is 1. The monoisotopic (exact) mass is 458 g/mol. The summed E-state index contributed by atoms with van der Waals surface area (Å²) in [6, 6.07) is 18.3. The van der Waals surface area contributed by atoms with E-state index in [1.807, 2.05) is 74.4 Å². The van der Waals surface area contributed by atoms with Gasteiger partial charge in [0.15, 0.2) is 11.6 Å². The second kappa shape index (κ2) is 9.65. The molecule has 7 heteroatoms. The zero-order valence-electron chi connectivity index (χ0n) is 20.2. The molecule has 1 N–H and O–H groups in total. The number of hydroxylamine groups is 1. The number of carbonyl (C=O) groups excluding carboxylic acids is 1. The first-order valence-corrected chi connectivity index (χ1v) is 11.3. The van der Waals surface area contributed by atoms with Crippen molar-refractivity contribution in [3.8, 4) is 0 Å². The molecule has 4 rings (SSSR count). The van der Waals surface area contributed by atoms with Crippen LogP contribution in [0.3, 0.4) is 0 Å². The number of carbonyl (C=O) groups is 1. The fourth-order valence-electron chi connectivity index (χ4n) is 3.97. The Morgan fingerprint density at radius 1 is 1.09 bits per heavy atom. The highest BCUT2D eigenvalue weighted by Crippen LogP contribution is 2.39. The first-order chi connectivity index (χ1) is 16.3. The summed E-state index contributed by atoms with van der Waals surface area (Å²) in [5.74, 6) is 0.486. The number of nitrogens with zero attached hydrogens (tertiary/aromatic N) is 4. The predicted molar refractivity (Wildman–Crippen MR) is 133 cm³/mol. The molecule has 0 amide bonds. The number of rotatable bonds is 6. The van der Waals surface area contributed by atoms with Gasteiger partial charge in [-0.15, -0.1) is 5.10 Å². The summed E-state index contributed by atoms with van der Waals surface area (Å²) in [4.78, 5) is 21.7. The Morgan fingerprint density at radius 3 is 2.44 bits per heavy atom. The van der Waals surface area contributed by atoms with E-state index in [0.29, 0.717) is 17.3 Å². The van der Waals surface area contributed by atoms with E-state index < -0.39 is 6.04 Å². The molecule has 7 nitrogen and oxygen atoms in total. The van der Waals surface area contributed by atoms with E-state index in [-0.39, 0.29) is 23.7 Å². The molecule has 0 bridgehead atoms. The van der Waals surface area contributed by atoms with Crippen molar-refractivity contribution in [1.29, 1.82) is 0 Å². The number of aliphatic hydroxyl groups is 1. The van der Waals surface area contributed by atoms with Crippen molar-refractivity contribution in [1.82, 2.24) is 10.2 Å². The van der Waals surface area contributed by atoms with E-state index in [1.54, 1.807) is 17.2 Å². The molecule has 34 heavy (non-hydrogen) atoms. The van der Waals surface area contributed by atoms with Crippen LogP contribution < -0.4 is 9.96 Å². The van der Waals surface area contributed by atoms with Gasteiger partial charge in [0.05, 0.1) is 11.3 Å². The zero-order chi connectivity index (χ0) is 24.4. The fraction of sp³-hybridized carbons (Fsp3) is 0.296. The Bertz CT molecular complexity index is 1200. The second-order valence-electron chi connectivity index (χ2n) is 8.99. The third-order valence-electron chi connectivity index (χ3n) is 5.96. The highest BCUT2D eigenvalue weighted by Gasteiger charge is 2.38. The van der Waals surface area contributed by atoms with Crippen LogP contribution >= 0.6 is 0 Å². The number of ketones is 1. The SMILES string of the molecule is Cc1ccc(N2OCC(O)=C(C(=O)c3cccc(N(C)C)c3)C2c2ccc(C(C)C)cc2)nn1. The average Bonchev–Trinajstić information content (AvgIpc) is 2.84. The Morgan fingerprint density at radius 2 is 1.82 bits per heavy atom. The Kier molecular flexibility index (Phi) is 6.65. The van der Waals surface area contributed by atoms with Gasteiger partial charge >= 0.3 is 0 Å². The molecule has 0 saturated heterocycles. The lowest BCUT2D eigenvalue weighted by Gasteiger charge is -2.36. The number of anilines is 2. The predicted octanol–water partition coefficient (Wildman–Crippen LogP) is 5.16. The molecule has 0 fully saturated rings. The van der Waals surface area contributed by atoms with Gasteiger partial charge in [0.1, 0.15) is 18.4 Å². The summed E-state index contributed by atoms with van der Waals surface area (Å²) in [6.45, 7) is 5.98. The lowest BCUT2D eigenvalue weighted by atomic mass is 9.89. The largest absolute Gasteiger partial charge is 0.509 e. The van der Waals surface area contributed by atoms with E-state index in [4.69, 9.17) is 4.84 Å². The molecule has 176 valence electrons. The summed E-state index contributed by atoms with van der Waals surface area (Å²) in [5, 5.41) is 20.9. The van der Waals surface area contributed by atoms with Gasteiger partial charge in [0.2, 0.25) is 0 Å². The van der Waals surface area contributed by atoms with E-state index >= 15 is 0 Å². The van der Waals surface area contributed by atoms with Gasteiger partial charge in [0, 0.05) is 25.3 Å². The topological polar surface area (TPSA) is 78.8 Å². The maximum absolute atomic E-state index is 13.8. The number of hydrogen-bond donors (Lipinski definition) is 1. The lowest BCUT2D eigenvalue weighted by Crippen LogP contribution is -2.39. The van der Waals surface area contributed by atoms with Gasteiger partial charge in [-0.1, -0.05) is 50.2 Å². The quantitative estimate of drug-likeness (QED) is 0.511. The standard InChI is InChI=1S/C27H30N4O3/c1-17(2)19-10-12-20(13-11-19)26-25(27(33)21-7-6-8-22(15-21)30(4)5)23(32)16-34-31(26)24-14-9-18(3)28-29-24/h6-15,17,26,32H,16H2,1-5H3. The molecule has 0 spiro atoms. The van der Waals surface area contributed by atoms with Gasteiger partial charge in [-0.05, 0) is 48.2 Å². The minimum Gasteiger partial charge on any atom is -0.509 e. The molecule has 2 aromatic carbocycles. The molecule has 0 saturated carbocycles. The average molecular weight is 459 g/mol. The molecule has 1 unspecified atom stereocenters. The minimum absolute atomic E-state index is 0.0884. The van der Waals surface area contributed by atoms with E-state index in [0.717, 1.165) is 16.9 Å². The number of benzene rings is 2. The Balaban J connectivity index is 1.83. The minimum atomic E-state index is -0.692. The molecule has 1 aliphatic heterocycles. The summed E-state index contributed by atoms with van der Waals surface area (Å²) in [7, 11) is 3.84. The molecule has 0 aliphatic carbocycles. The van der Waals surface area contributed by atoms with Crippen LogP contribution in [0.5, 0.6) is 0 Å². The molecule has 1 aromatic heterocycles. The molecular formula is C27H30N4O3. The highest BCUT2D eigenvalue weighted by molar-refractivity contribution is 6.10. The summed E-state index contributed by atoms with van der Waals surface area (Å²) >= 11 is 0. The van der Waals surface area contributed by atoms with Crippen molar-refractivity contribution in [2.45, 2.75) is 32.7 Å². The fourth-order valence-corrected chi connectivity index (χ4v) is 3.97. The number of hydrogen-bond acceptors (Lipinski definition) is 7. The van der Waals surface area contributed by atoms with E-state index in [1.165, 1.54) is 5.56 Å². The highest BCUT2D eigenvalue weighted by atomic mass is 16.7. The van der Waals surface area contributed by atoms with E-state index in [2.05, 4.69) is 24.0 Å². The zero-order valence-corrected chi connectivity index (χ0v) is 20.2. The summed E-state index contributed by atoms with van der Waals surface area (Å²) < 4.78 is 0. The van der Waals surface area contributed by atoms with Crippen LogP contribution in [0.4, 0.5) is 11.5 Å². The van der Waals surface area contributed by atoms with Crippen LogP contribution in [0.1, 0.15) is 53.0 Å². The van der Waals surface area contributed by atoms with Crippen molar-refractivity contribution in [3.05, 3.63) is 94.4 Å². The second-order valence-corrected chi connectivity index (χ2v) is 8.99. The number of Topliss-reactive ketones (excluding diaryl/α,β-unsaturated/α-hetero) is 1. The van der Waals surface area contributed by atoms with Gasteiger partial charge in [0.25, 0.3) is 0 Å². The third-order valence-corrected chi connectivity index (χ3v) is 5.96.